The van der Waals surface area contributed by atoms with Gasteiger partial charge in [-0.1, -0.05) is 30.3 Å². The molecule has 2 aromatic carbocycles. The van der Waals surface area contributed by atoms with Gasteiger partial charge in [0.25, 0.3) is 10.1 Å². The van der Waals surface area contributed by atoms with Crippen LogP contribution in [-0.4, -0.2) is 48.7 Å². The Labute approximate surface area is 150 Å². The maximum absolute atomic E-state index is 11.5. The van der Waals surface area contributed by atoms with Crippen LogP contribution in [0.25, 0.3) is 0 Å². The molecular weight excluding hydrogens is 319 g/mol. The van der Waals surface area contributed by atoms with E-state index in [-0.39, 0.29) is 46.8 Å². The van der Waals surface area contributed by atoms with E-state index in [4.69, 9.17) is 14.0 Å². The zero-order valence-electron chi connectivity index (χ0n) is 10.8. The zero-order chi connectivity index (χ0) is 15.3. The quantitative estimate of drug-likeness (QED) is 0.399. The molecule has 0 aliphatic heterocycles. The van der Waals surface area contributed by atoms with Gasteiger partial charge in [0.15, 0.2) is 0 Å². The van der Waals surface area contributed by atoms with Gasteiger partial charge in [0.2, 0.25) is 0 Å². The normalized spacial score (nSPS) is 10.4. The van der Waals surface area contributed by atoms with Gasteiger partial charge in [-0.2, -0.15) is 8.42 Å². The van der Waals surface area contributed by atoms with E-state index >= 15 is 0 Å². The summed E-state index contributed by atoms with van der Waals surface area (Å²) in [6.45, 7) is 0.0722. The molecule has 1 N–H and O–H groups in total. The summed E-state index contributed by atoms with van der Waals surface area (Å²) < 4.78 is 40.3. The molecule has 0 fully saturated rings. The first-order chi connectivity index (χ1) is 9.95. The van der Waals surface area contributed by atoms with Crippen molar-refractivity contribution in [2.24, 2.45) is 0 Å². The fourth-order valence-electron chi connectivity index (χ4n) is 1.52. The van der Waals surface area contributed by atoms with Crippen molar-refractivity contribution in [1.82, 2.24) is 0 Å². The maximum atomic E-state index is 11.5. The molecule has 22 heavy (non-hydrogen) atoms. The molecule has 2 rings (SSSR count). The Kier molecular flexibility index (Phi) is 7.05. The van der Waals surface area contributed by atoms with Crippen LogP contribution in [0.5, 0.6) is 5.75 Å². The van der Waals surface area contributed by atoms with E-state index in [0.717, 1.165) is 17.7 Å². The van der Waals surface area contributed by atoms with Crippen LogP contribution >= 0.6 is 0 Å². The SMILES string of the molecule is O=C(OCc1ccccc1)Oc1ccc(S(=O)(=O)O)cc1.[NaH]. The van der Waals surface area contributed by atoms with Crippen molar-refractivity contribution in [3.8, 4) is 5.75 Å². The second kappa shape index (κ2) is 8.30. The van der Waals surface area contributed by atoms with Crippen LogP contribution < -0.4 is 4.74 Å². The van der Waals surface area contributed by atoms with E-state index < -0.39 is 16.3 Å². The van der Waals surface area contributed by atoms with Crippen LogP contribution in [0.3, 0.4) is 0 Å². The minimum absolute atomic E-state index is 0. The Morgan fingerprint density at radius 1 is 1.00 bits per heavy atom. The van der Waals surface area contributed by atoms with Crippen LogP contribution in [0, 0.1) is 0 Å². The van der Waals surface area contributed by atoms with Crippen molar-refractivity contribution < 1.29 is 27.2 Å². The van der Waals surface area contributed by atoms with Crippen molar-refractivity contribution in [3.05, 3.63) is 60.2 Å². The van der Waals surface area contributed by atoms with Crippen molar-refractivity contribution in [2.45, 2.75) is 11.5 Å². The standard InChI is InChI=1S/C14H12O6S.Na.H/c15-14(19-10-11-4-2-1-3-5-11)20-12-6-8-13(9-7-12)21(16,17)18;;/h1-9H,10H2,(H,16,17,18);;. The molecule has 8 heteroatoms. The third kappa shape index (κ3) is 5.78. The third-order valence-electron chi connectivity index (χ3n) is 2.52. The monoisotopic (exact) mass is 332 g/mol. The molecule has 0 saturated heterocycles. The van der Waals surface area contributed by atoms with Gasteiger partial charge in [-0.3, -0.25) is 4.55 Å². The molecule has 0 unspecified atom stereocenters. The predicted molar refractivity (Wildman–Crippen MR) is 80.7 cm³/mol. The molecule has 6 nitrogen and oxygen atoms in total. The van der Waals surface area contributed by atoms with E-state index in [1.807, 2.05) is 18.2 Å². The van der Waals surface area contributed by atoms with E-state index in [1.54, 1.807) is 12.1 Å². The average Bonchev–Trinajstić information content (AvgIpc) is 2.46. The van der Waals surface area contributed by atoms with Crippen molar-refractivity contribution in [3.63, 3.8) is 0 Å². The van der Waals surface area contributed by atoms with E-state index in [9.17, 15) is 13.2 Å². The topological polar surface area (TPSA) is 89.9 Å². The molecule has 0 radical (unpaired) electrons. The van der Waals surface area contributed by atoms with E-state index in [1.165, 1.54) is 12.1 Å². The molecule has 2 aromatic rings. The number of ether oxygens (including phenoxy) is 2. The summed E-state index contributed by atoms with van der Waals surface area (Å²) >= 11 is 0. The Balaban J connectivity index is 0.00000242. The van der Waals surface area contributed by atoms with Gasteiger partial charge < -0.3 is 9.47 Å². The van der Waals surface area contributed by atoms with Crippen molar-refractivity contribution >= 4 is 45.8 Å². The molecule has 0 saturated carbocycles. The van der Waals surface area contributed by atoms with Gasteiger partial charge in [0, 0.05) is 0 Å². The summed E-state index contributed by atoms with van der Waals surface area (Å²) in [5.74, 6) is 0.112. The first-order valence-corrected chi connectivity index (χ1v) is 7.35. The van der Waals surface area contributed by atoms with Crippen LogP contribution in [0.1, 0.15) is 5.56 Å². The number of hydrogen-bond acceptors (Lipinski definition) is 5. The number of carbonyl (C=O) groups is 1. The molecule has 0 aromatic heterocycles. The summed E-state index contributed by atoms with van der Waals surface area (Å²) in [6.07, 6.45) is -0.904. The average molecular weight is 332 g/mol. The zero-order valence-corrected chi connectivity index (χ0v) is 11.6. The summed E-state index contributed by atoms with van der Waals surface area (Å²) in [5.41, 5.74) is 0.816. The Morgan fingerprint density at radius 3 is 2.14 bits per heavy atom. The van der Waals surface area contributed by atoms with Gasteiger partial charge in [0.05, 0.1) is 4.90 Å². The fourth-order valence-corrected chi connectivity index (χ4v) is 2.00. The van der Waals surface area contributed by atoms with Crippen LogP contribution in [-0.2, 0) is 21.5 Å². The van der Waals surface area contributed by atoms with Crippen molar-refractivity contribution in [1.29, 1.82) is 0 Å². The van der Waals surface area contributed by atoms with Crippen LogP contribution in [0.15, 0.2) is 59.5 Å². The second-order valence-corrected chi connectivity index (χ2v) is 5.49. The molecule has 0 heterocycles. The van der Waals surface area contributed by atoms with Crippen LogP contribution in [0.4, 0.5) is 4.79 Å². The first kappa shape index (κ1) is 18.7. The molecular formula is C14H13NaO6S. The van der Waals surface area contributed by atoms with E-state index in [2.05, 4.69) is 0 Å². The first-order valence-electron chi connectivity index (χ1n) is 5.91. The Hall–Kier alpha value is -1.38. The number of hydrogen-bond donors (Lipinski definition) is 1. The molecule has 0 aliphatic rings. The fraction of sp³-hybridized carbons (Fsp3) is 0.0714. The number of benzene rings is 2. The minimum atomic E-state index is -4.27. The number of carbonyl (C=O) groups excluding carboxylic acids is 1. The molecule has 0 atom stereocenters. The summed E-state index contributed by atoms with van der Waals surface area (Å²) in [7, 11) is -4.27. The number of rotatable bonds is 4. The third-order valence-corrected chi connectivity index (χ3v) is 3.39. The molecule has 0 bridgehead atoms. The van der Waals surface area contributed by atoms with Crippen LogP contribution in [0.2, 0.25) is 0 Å². The molecule has 0 spiro atoms. The van der Waals surface area contributed by atoms with Gasteiger partial charge in [-0.25, -0.2) is 4.79 Å². The second-order valence-electron chi connectivity index (χ2n) is 4.07. The van der Waals surface area contributed by atoms with Gasteiger partial charge >= 0.3 is 35.7 Å². The van der Waals surface area contributed by atoms with Crippen molar-refractivity contribution in [2.75, 3.05) is 0 Å². The molecule has 0 amide bonds. The van der Waals surface area contributed by atoms with Gasteiger partial charge in [0.1, 0.15) is 12.4 Å². The predicted octanol–water partition coefficient (Wildman–Crippen LogP) is 2.00. The Bertz CT molecular complexity index is 713. The summed E-state index contributed by atoms with van der Waals surface area (Å²) in [5, 5.41) is 0. The summed E-state index contributed by atoms with van der Waals surface area (Å²) in [4.78, 5) is 11.2. The van der Waals surface area contributed by atoms with Gasteiger partial charge in [-0.05, 0) is 29.8 Å². The molecule has 112 valence electrons. The summed E-state index contributed by atoms with van der Waals surface area (Å²) in [6, 6.07) is 13.8. The van der Waals surface area contributed by atoms with E-state index in [0.29, 0.717) is 0 Å². The van der Waals surface area contributed by atoms with Gasteiger partial charge in [-0.15, -0.1) is 0 Å². The Morgan fingerprint density at radius 2 is 1.59 bits per heavy atom. The molecule has 0 aliphatic carbocycles.